The molecular formula is C12H20N4O2. The molecule has 1 amide bonds. The Bertz CT molecular complexity index is 405. The first-order valence-electron chi connectivity index (χ1n) is 6.33. The number of carbonyl (C=O) groups excluding carboxylic acids is 1. The quantitative estimate of drug-likeness (QED) is 0.687. The molecule has 18 heavy (non-hydrogen) atoms. The summed E-state index contributed by atoms with van der Waals surface area (Å²) in [6.45, 7) is 5.75. The molecule has 1 aliphatic rings. The maximum absolute atomic E-state index is 12.0. The number of aromatic amines is 1. The molecular weight excluding hydrogens is 232 g/mol. The summed E-state index contributed by atoms with van der Waals surface area (Å²) < 4.78 is 5.27. The molecule has 0 spiro atoms. The second-order valence-electron chi connectivity index (χ2n) is 4.53. The average Bonchev–Trinajstić information content (AvgIpc) is 2.83. The van der Waals surface area contributed by atoms with Crippen molar-refractivity contribution in [2.75, 3.05) is 13.2 Å². The fourth-order valence-electron chi connectivity index (χ4n) is 2.03. The molecule has 0 saturated heterocycles. The number of aromatic nitrogens is 2. The smallest absolute Gasteiger partial charge is 0.237 e. The van der Waals surface area contributed by atoms with Crippen molar-refractivity contribution in [2.24, 2.45) is 0 Å². The van der Waals surface area contributed by atoms with Crippen LogP contribution in [-0.2, 0) is 22.5 Å². The Kier molecular flexibility index (Phi) is 4.33. The van der Waals surface area contributed by atoms with Gasteiger partial charge in [-0.3, -0.25) is 10.1 Å². The second-order valence-corrected chi connectivity index (χ2v) is 4.53. The fraction of sp³-hybridized carbons (Fsp3) is 0.667. The summed E-state index contributed by atoms with van der Waals surface area (Å²) in [7, 11) is 0. The van der Waals surface area contributed by atoms with Crippen LogP contribution in [0.25, 0.3) is 0 Å². The number of hydrogen-bond acceptors (Lipinski definition) is 4. The zero-order valence-electron chi connectivity index (χ0n) is 10.8. The molecule has 1 aromatic heterocycles. The summed E-state index contributed by atoms with van der Waals surface area (Å²) in [4.78, 5) is 19.3. The van der Waals surface area contributed by atoms with Crippen molar-refractivity contribution in [2.45, 2.75) is 38.9 Å². The first kappa shape index (κ1) is 13.0. The monoisotopic (exact) mass is 252 g/mol. The third-order valence-corrected chi connectivity index (χ3v) is 3.01. The van der Waals surface area contributed by atoms with Crippen molar-refractivity contribution in [1.82, 2.24) is 20.6 Å². The van der Waals surface area contributed by atoms with Crippen LogP contribution in [0.15, 0.2) is 6.33 Å². The Morgan fingerprint density at radius 2 is 2.56 bits per heavy atom. The van der Waals surface area contributed by atoms with E-state index in [1.165, 1.54) is 0 Å². The standard InChI is InChI=1S/C12H20N4O2/c1-3-18-6-8(2)16-12(17)10-4-9-11(5-13-10)15-7-14-9/h7-8,10,13H,3-6H2,1-2H3,(H,14,15)(H,16,17). The minimum absolute atomic E-state index is 0.0100. The molecule has 1 aromatic rings. The average molecular weight is 252 g/mol. The molecule has 0 fully saturated rings. The van der Waals surface area contributed by atoms with Gasteiger partial charge in [0.2, 0.25) is 5.91 Å². The number of ether oxygens (including phenoxy) is 1. The Morgan fingerprint density at radius 1 is 1.72 bits per heavy atom. The van der Waals surface area contributed by atoms with Crippen molar-refractivity contribution >= 4 is 5.91 Å². The number of carbonyl (C=O) groups is 1. The Hall–Kier alpha value is -1.40. The van der Waals surface area contributed by atoms with Gasteiger partial charge in [0.05, 0.1) is 30.4 Å². The van der Waals surface area contributed by atoms with Crippen LogP contribution in [0.1, 0.15) is 25.2 Å². The Labute approximate surface area is 107 Å². The van der Waals surface area contributed by atoms with Gasteiger partial charge in [-0.05, 0) is 13.8 Å². The highest BCUT2D eigenvalue weighted by Crippen LogP contribution is 2.12. The van der Waals surface area contributed by atoms with Crippen LogP contribution in [0.4, 0.5) is 0 Å². The summed E-state index contributed by atoms with van der Waals surface area (Å²) >= 11 is 0. The summed E-state index contributed by atoms with van der Waals surface area (Å²) in [6.07, 6.45) is 2.30. The van der Waals surface area contributed by atoms with Crippen LogP contribution in [0.3, 0.4) is 0 Å². The Balaban J connectivity index is 1.84. The zero-order valence-corrected chi connectivity index (χ0v) is 10.8. The van der Waals surface area contributed by atoms with E-state index in [1.807, 2.05) is 13.8 Å². The predicted octanol–water partition coefficient (Wildman–Crippen LogP) is -0.0348. The number of amides is 1. The van der Waals surface area contributed by atoms with E-state index in [0.717, 1.165) is 11.4 Å². The molecule has 6 heteroatoms. The molecule has 1 aliphatic heterocycles. The third kappa shape index (κ3) is 3.08. The van der Waals surface area contributed by atoms with Crippen LogP contribution in [0.5, 0.6) is 0 Å². The largest absolute Gasteiger partial charge is 0.380 e. The predicted molar refractivity (Wildman–Crippen MR) is 67.0 cm³/mol. The van der Waals surface area contributed by atoms with Crippen molar-refractivity contribution in [3.05, 3.63) is 17.7 Å². The van der Waals surface area contributed by atoms with Gasteiger partial charge < -0.3 is 15.0 Å². The first-order chi connectivity index (χ1) is 8.70. The van der Waals surface area contributed by atoms with Crippen molar-refractivity contribution in [3.63, 3.8) is 0 Å². The van der Waals surface area contributed by atoms with Crippen LogP contribution in [-0.4, -0.2) is 41.2 Å². The number of H-pyrrole nitrogens is 1. The minimum Gasteiger partial charge on any atom is -0.380 e. The summed E-state index contributed by atoms with van der Waals surface area (Å²) in [5.41, 5.74) is 2.05. The molecule has 0 aliphatic carbocycles. The SMILES string of the molecule is CCOCC(C)NC(=O)C1Cc2nc[nH]c2CN1. The summed E-state index contributed by atoms with van der Waals surface area (Å²) in [6, 6.07) is -0.176. The number of imidazole rings is 1. The number of hydrogen-bond donors (Lipinski definition) is 3. The van der Waals surface area contributed by atoms with Crippen molar-refractivity contribution < 1.29 is 9.53 Å². The van der Waals surface area contributed by atoms with Gasteiger partial charge in [-0.2, -0.15) is 0 Å². The number of fused-ring (bicyclic) bond motifs is 1. The van der Waals surface area contributed by atoms with Crippen LogP contribution in [0, 0.1) is 0 Å². The van der Waals surface area contributed by atoms with E-state index in [9.17, 15) is 4.79 Å². The topological polar surface area (TPSA) is 79.0 Å². The second kappa shape index (κ2) is 5.97. The van der Waals surface area contributed by atoms with Gasteiger partial charge in [-0.1, -0.05) is 0 Å². The normalized spacial score (nSPS) is 20.2. The minimum atomic E-state index is -0.204. The molecule has 100 valence electrons. The molecule has 0 radical (unpaired) electrons. The Morgan fingerprint density at radius 3 is 3.33 bits per heavy atom. The van der Waals surface area contributed by atoms with Gasteiger partial charge in [0.1, 0.15) is 0 Å². The van der Waals surface area contributed by atoms with E-state index in [0.29, 0.717) is 26.2 Å². The first-order valence-corrected chi connectivity index (χ1v) is 6.33. The number of nitrogens with zero attached hydrogens (tertiary/aromatic N) is 1. The highest BCUT2D eigenvalue weighted by molar-refractivity contribution is 5.82. The van der Waals surface area contributed by atoms with E-state index in [2.05, 4.69) is 20.6 Å². The maximum atomic E-state index is 12.0. The molecule has 2 heterocycles. The molecule has 0 aromatic carbocycles. The van der Waals surface area contributed by atoms with Crippen molar-refractivity contribution in [3.8, 4) is 0 Å². The fourth-order valence-corrected chi connectivity index (χ4v) is 2.03. The highest BCUT2D eigenvalue weighted by Gasteiger charge is 2.26. The number of nitrogens with one attached hydrogen (secondary N) is 3. The van der Waals surface area contributed by atoms with Crippen LogP contribution >= 0.6 is 0 Å². The van der Waals surface area contributed by atoms with Gasteiger partial charge in [0, 0.05) is 25.6 Å². The zero-order chi connectivity index (χ0) is 13.0. The molecule has 3 N–H and O–H groups in total. The van der Waals surface area contributed by atoms with E-state index in [4.69, 9.17) is 4.74 Å². The lowest BCUT2D eigenvalue weighted by molar-refractivity contribution is -0.124. The van der Waals surface area contributed by atoms with E-state index in [1.54, 1.807) is 6.33 Å². The third-order valence-electron chi connectivity index (χ3n) is 3.01. The lowest BCUT2D eigenvalue weighted by Gasteiger charge is -2.24. The van der Waals surface area contributed by atoms with Crippen LogP contribution in [0.2, 0.25) is 0 Å². The molecule has 2 atom stereocenters. The van der Waals surface area contributed by atoms with E-state index in [-0.39, 0.29) is 18.0 Å². The highest BCUT2D eigenvalue weighted by atomic mass is 16.5. The molecule has 0 bridgehead atoms. The van der Waals surface area contributed by atoms with Gasteiger partial charge in [0.15, 0.2) is 0 Å². The molecule has 2 unspecified atom stereocenters. The molecule has 6 nitrogen and oxygen atoms in total. The van der Waals surface area contributed by atoms with E-state index >= 15 is 0 Å². The lowest BCUT2D eigenvalue weighted by Crippen LogP contribution is -2.50. The van der Waals surface area contributed by atoms with Gasteiger partial charge in [-0.25, -0.2) is 4.98 Å². The molecule has 0 saturated carbocycles. The number of rotatable bonds is 5. The van der Waals surface area contributed by atoms with Crippen LogP contribution < -0.4 is 10.6 Å². The van der Waals surface area contributed by atoms with E-state index < -0.39 is 0 Å². The van der Waals surface area contributed by atoms with Gasteiger partial charge >= 0.3 is 0 Å². The maximum Gasteiger partial charge on any atom is 0.237 e. The summed E-state index contributed by atoms with van der Waals surface area (Å²) in [5.74, 6) is 0.0100. The lowest BCUT2D eigenvalue weighted by atomic mass is 10.0. The van der Waals surface area contributed by atoms with Gasteiger partial charge in [0.25, 0.3) is 0 Å². The van der Waals surface area contributed by atoms with Crippen molar-refractivity contribution in [1.29, 1.82) is 0 Å². The van der Waals surface area contributed by atoms with Gasteiger partial charge in [-0.15, -0.1) is 0 Å². The summed E-state index contributed by atoms with van der Waals surface area (Å²) in [5, 5.41) is 6.14. The molecule has 2 rings (SSSR count).